The topological polar surface area (TPSA) is 21.7 Å². The van der Waals surface area contributed by atoms with Gasteiger partial charge in [-0.05, 0) is 82.3 Å². The molecule has 0 N–H and O–H groups in total. The molecule has 45 heavy (non-hydrogen) atoms. The van der Waals surface area contributed by atoms with E-state index in [4.69, 9.17) is 9.47 Å². The Hall–Kier alpha value is -0.120. The van der Waals surface area contributed by atoms with Gasteiger partial charge in [-0.15, -0.1) is 0 Å². The maximum atomic E-state index is 5.95. The van der Waals surface area contributed by atoms with Gasteiger partial charge in [0.1, 0.15) is 0 Å². The summed E-state index contributed by atoms with van der Waals surface area (Å²) in [6.45, 7) is 22.5. The quantitative estimate of drug-likeness (QED) is 0.0541. The number of methoxy groups -OCH3 is 2. The van der Waals surface area contributed by atoms with Crippen molar-refractivity contribution in [1.82, 2.24) is 4.90 Å². The molecule has 0 aliphatic carbocycles. The van der Waals surface area contributed by atoms with Crippen LogP contribution in [0.1, 0.15) is 216 Å². The molecular formula is C42H87NO2. The zero-order valence-corrected chi connectivity index (χ0v) is 33.1. The van der Waals surface area contributed by atoms with Crippen molar-refractivity contribution >= 4 is 0 Å². The Labute approximate surface area is 286 Å². The van der Waals surface area contributed by atoms with Gasteiger partial charge in [-0.1, -0.05) is 164 Å². The van der Waals surface area contributed by atoms with Gasteiger partial charge >= 0.3 is 0 Å². The van der Waals surface area contributed by atoms with Crippen LogP contribution in [-0.4, -0.2) is 44.5 Å². The third-order valence-electron chi connectivity index (χ3n) is 10.3. The number of unbranched alkanes of at least 4 members (excludes halogenated alkanes) is 17. The molecule has 0 aliphatic heterocycles. The fourth-order valence-electron chi connectivity index (χ4n) is 6.90. The minimum absolute atomic E-state index is 0.464. The van der Waals surface area contributed by atoms with Crippen LogP contribution in [0.4, 0.5) is 0 Å². The Morgan fingerprint density at radius 2 is 0.756 bits per heavy atom. The van der Waals surface area contributed by atoms with Crippen molar-refractivity contribution in [3.63, 3.8) is 0 Å². The van der Waals surface area contributed by atoms with Gasteiger partial charge in [-0.3, -0.25) is 0 Å². The lowest BCUT2D eigenvalue weighted by Gasteiger charge is -2.36. The van der Waals surface area contributed by atoms with Gasteiger partial charge in [0, 0.05) is 20.1 Å². The fraction of sp³-hybridized carbons (Fsp3) is 1.00. The van der Waals surface area contributed by atoms with E-state index in [0.717, 1.165) is 0 Å². The molecule has 0 saturated heterocycles. The molecule has 0 saturated carbocycles. The van der Waals surface area contributed by atoms with Gasteiger partial charge in [-0.2, -0.15) is 0 Å². The lowest BCUT2D eigenvalue weighted by molar-refractivity contribution is -0.230. The molecule has 0 aromatic rings. The lowest BCUT2D eigenvalue weighted by Crippen LogP contribution is -2.39. The average Bonchev–Trinajstić information content (AvgIpc) is 2.98. The van der Waals surface area contributed by atoms with Gasteiger partial charge in [0.2, 0.25) is 0 Å². The first-order valence-electron chi connectivity index (χ1n) is 20.2. The molecule has 1 atom stereocenters. The van der Waals surface area contributed by atoms with Crippen LogP contribution in [0.3, 0.4) is 0 Å². The molecule has 0 aliphatic rings. The van der Waals surface area contributed by atoms with Gasteiger partial charge in [0.15, 0.2) is 5.79 Å². The molecular weight excluding hydrogens is 550 g/mol. The molecule has 0 bridgehead atoms. The molecule has 0 rings (SSSR count). The summed E-state index contributed by atoms with van der Waals surface area (Å²) >= 11 is 0. The smallest absolute Gasteiger partial charge is 0.167 e. The van der Waals surface area contributed by atoms with Crippen LogP contribution >= 0.6 is 0 Å². The van der Waals surface area contributed by atoms with Gasteiger partial charge < -0.3 is 14.4 Å². The van der Waals surface area contributed by atoms with Gasteiger partial charge in [0.05, 0.1) is 0 Å². The lowest BCUT2D eigenvalue weighted by atomic mass is 9.88. The van der Waals surface area contributed by atoms with Crippen molar-refractivity contribution in [2.75, 3.05) is 33.9 Å². The van der Waals surface area contributed by atoms with Crippen LogP contribution in [-0.2, 0) is 9.47 Å². The van der Waals surface area contributed by atoms with Crippen LogP contribution in [0.2, 0.25) is 0 Å². The third-order valence-corrected chi connectivity index (χ3v) is 10.3. The maximum absolute atomic E-state index is 5.95. The number of ether oxygens (including phenoxy) is 2. The normalized spacial score (nSPS) is 13.7. The highest BCUT2D eigenvalue weighted by Crippen LogP contribution is 2.31. The van der Waals surface area contributed by atoms with Crippen LogP contribution in [0, 0.1) is 16.7 Å². The first-order valence-corrected chi connectivity index (χ1v) is 20.2. The predicted molar refractivity (Wildman–Crippen MR) is 202 cm³/mol. The Morgan fingerprint density at radius 3 is 1.16 bits per heavy atom. The largest absolute Gasteiger partial charge is 0.353 e. The van der Waals surface area contributed by atoms with E-state index in [1.54, 1.807) is 0 Å². The van der Waals surface area contributed by atoms with E-state index in [-0.39, 0.29) is 0 Å². The number of rotatable bonds is 32. The molecule has 3 heteroatoms. The Morgan fingerprint density at radius 1 is 0.422 bits per heavy atom. The molecule has 0 aromatic carbocycles. The highest BCUT2D eigenvalue weighted by molar-refractivity contribution is 4.76. The average molecular weight is 638 g/mol. The zero-order valence-electron chi connectivity index (χ0n) is 33.1. The highest BCUT2D eigenvalue weighted by atomic mass is 16.7. The van der Waals surface area contributed by atoms with Crippen molar-refractivity contribution in [2.45, 2.75) is 222 Å². The molecule has 1 unspecified atom stereocenters. The summed E-state index contributed by atoms with van der Waals surface area (Å²) in [5, 5.41) is 0. The molecule has 272 valence electrons. The van der Waals surface area contributed by atoms with E-state index in [0.29, 0.717) is 16.7 Å². The summed E-state index contributed by atoms with van der Waals surface area (Å²) in [4.78, 5) is 2.81. The van der Waals surface area contributed by atoms with E-state index < -0.39 is 5.79 Å². The molecule has 3 nitrogen and oxygen atoms in total. The summed E-state index contributed by atoms with van der Waals surface area (Å²) < 4.78 is 11.9. The van der Waals surface area contributed by atoms with Crippen LogP contribution in [0.15, 0.2) is 0 Å². The fourth-order valence-corrected chi connectivity index (χ4v) is 6.90. The Bertz CT molecular complexity index is 583. The van der Waals surface area contributed by atoms with Crippen molar-refractivity contribution < 1.29 is 9.47 Å². The van der Waals surface area contributed by atoms with E-state index in [9.17, 15) is 0 Å². The number of hydrogen-bond acceptors (Lipinski definition) is 3. The van der Waals surface area contributed by atoms with Crippen LogP contribution in [0.5, 0.6) is 0 Å². The van der Waals surface area contributed by atoms with E-state index >= 15 is 0 Å². The molecule has 0 aromatic heterocycles. The van der Waals surface area contributed by atoms with E-state index in [2.05, 4.69) is 60.3 Å². The highest BCUT2D eigenvalue weighted by Gasteiger charge is 2.33. The second-order valence-corrected chi connectivity index (χ2v) is 17.2. The first-order chi connectivity index (χ1) is 21.4. The third kappa shape index (κ3) is 28.6. The summed E-state index contributed by atoms with van der Waals surface area (Å²) in [5.74, 6) is 0.00525. The maximum Gasteiger partial charge on any atom is 0.167 e. The summed E-state index contributed by atoms with van der Waals surface area (Å²) in [6.07, 6.45) is 34.2. The predicted octanol–water partition coefficient (Wildman–Crippen LogP) is 13.8. The van der Waals surface area contributed by atoms with E-state index in [1.807, 2.05) is 14.2 Å². The molecule has 0 fully saturated rings. The number of nitrogens with zero attached hydrogens (tertiary/aromatic N) is 1. The molecule has 0 radical (unpaired) electrons. The molecule has 0 spiro atoms. The summed E-state index contributed by atoms with van der Waals surface area (Å²) in [7, 11) is 3.67. The van der Waals surface area contributed by atoms with Crippen molar-refractivity contribution in [1.29, 1.82) is 0 Å². The molecule has 0 amide bonds. The van der Waals surface area contributed by atoms with Crippen molar-refractivity contribution in [3.8, 4) is 0 Å². The number of hydrogen-bond donors (Lipinski definition) is 0. The second-order valence-electron chi connectivity index (χ2n) is 17.2. The van der Waals surface area contributed by atoms with E-state index in [1.165, 1.54) is 180 Å². The van der Waals surface area contributed by atoms with Gasteiger partial charge in [-0.25, -0.2) is 0 Å². The van der Waals surface area contributed by atoms with Crippen molar-refractivity contribution in [3.05, 3.63) is 0 Å². The molecule has 0 heterocycles. The van der Waals surface area contributed by atoms with Gasteiger partial charge in [0.25, 0.3) is 0 Å². The Balaban J connectivity index is 4.65. The zero-order chi connectivity index (χ0) is 33.9. The second kappa shape index (κ2) is 27.8. The standard InChI is InChI=1S/C42H87NO2/c1-11-12-13-14-21-26-32-39(42(8,44-9)45-10)33-31-38-43(36-29-24-19-15-17-22-27-34-40(2,3)4)37-30-25-20-16-18-23-28-35-41(5,6)7/h39H,11-38H2,1-10H3. The monoisotopic (exact) mass is 638 g/mol. The summed E-state index contributed by atoms with van der Waals surface area (Å²) in [6, 6.07) is 0. The van der Waals surface area contributed by atoms with Crippen LogP contribution in [0.25, 0.3) is 0 Å². The minimum atomic E-state index is -0.464. The Kier molecular flexibility index (Phi) is 27.7. The van der Waals surface area contributed by atoms with Crippen LogP contribution < -0.4 is 0 Å². The SMILES string of the molecule is CCCCCCCCC(CCCN(CCCCCCCCCC(C)(C)C)CCCCCCCCCC(C)(C)C)C(C)(OC)OC. The van der Waals surface area contributed by atoms with Crippen molar-refractivity contribution in [2.24, 2.45) is 16.7 Å². The summed E-state index contributed by atoms with van der Waals surface area (Å²) in [5.41, 5.74) is 0.991. The minimum Gasteiger partial charge on any atom is -0.353 e. The first kappa shape index (κ1) is 44.9.